The minimum absolute atomic E-state index is 0.159. The van der Waals surface area contributed by atoms with Crippen LogP contribution in [-0.2, 0) is 0 Å². The number of aliphatic hydroxyl groups is 1. The molecule has 2 N–H and O–H groups in total. The molecule has 16 heavy (non-hydrogen) atoms. The summed E-state index contributed by atoms with van der Waals surface area (Å²) in [6.45, 7) is 0.644. The summed E-state index contributed by atoms with van der Waals surface area (Å²) in [4.78, 5) is 22.6. The Hall–Kier alpha value is -1.52. The molecule has 0 amide bonds. The number of Topliss-reactive ketones (excluding diaryl/α,β-unsaturated/α-hetero) is 1. The second kappa shape index (κ2) is 4.55. The van der Waals surface area contributed by atoms with Crippen LogP contribution in [0.15, 0.2) is 24.3 Å². The Morgan fingerprint density at radius 1 is 1.50 bits per heavy atom. The van der Waals surface area contributed by atoms with Crippen molar-refractivity contribution in [3.63, 3.8) is 0 Å². The molecule has 0 unspecified atom stereocenters. The van der Waals surface area contributed by atoms with Crippen LogP contribution in [0.5, 0.6) is 0 Å². The summed E-state index contributed by atoms with van der Waals surface area (Å²) < 4.78 is 0. The Balaban J connectivity index is 2.23. The first-order valence-electron chi connectivity index (χ1n) is 5.23. The van der Waals surface area contributed by atoms with Crippen LogP contribution in [0, 0.1) is 0 Å². The molecule has 1 heterocycles. The van der Waals surface area contributed by atoms with Crippen LogP contribution < -0.4 is 5.32 Å². The lowest BCUT2D eigenvalue weighted by molar-refractivity contribution is 0.0841. The first-order valence-corrected chi connectivity index (χ1v) is 5.23. The molecular formula is C12H13NO3. The number of nitrogens with one attached hydrogen (secondary N) is 1. The molecule has 0 bridgehead atoms. The monoisotopic (exact) mass is 219 g/mol. The van der Waals surface area contributed by atoms with Crippen molar-refractivity contribution in [2.24, 2.45) is 0 Å². The fourth-order valence-corrected chi connectivity index (χ4v) is 1.90. The fraction of sp³-hybridized carbons (Fsp3) is 0.333. The van der Waals surface area contributed by atoms with Gasteiger partial charge in [-0.05, 0) is 19.0 Å². The lowest BCUT2D eigenvalue weighted by Gasteiger charge is -2.13. The molecule has 1 saturated heterocycles. The summed E-state index contributed by atoms with van der Waals surface area (Å²) >= 11 is 0. The number of carbonyl (C=O) groups excluding carboxylic acids is 2. The average Bonchev–Trinajstić information content (AvgIpc) is 2.74. The number of benzene rings is 1. The molecule has 4 nitrogen and oxygen atoms in total. The minimum atomic E-state index is -0.632. The second-order valence-electron chi connectivity index (χ2n) is 3.90. The summed E-state index contributed by atoms with van der Waals surface area (Å²) in [7, 11) is 0. The predicted octanol–water partition coefficient (Wildman–Crippen LogP) is 0.405. The van der Waals surface area contributed by atoms with Crippen molar-refractivity contribution in [3.8, 4) is 0 Å². The molecule has 0 radical (unpaired) electrons. The lowest BCUT2D eigenvalue weighted by atomic mass is 10.00. The Labute approximate surface area is 93.3 Å². The van der Waals surface area contributed by atoms with Gasteiger partial charge in [-0.3, -0.25) is 9.59 Å². The van der Waals surface area contributed by atoms with Gasteiger partial charge in [-0.2, -0.15) is 0 Å². The maximum atomic E-state index is 12.0. The van der Waals surface area contributed by atoms with Gasteiger partial charge >= 0.3 is 0 Å². The quantitative estimate of drug-likeness (QED) is 0.570. The van der Waals surface area contributed by atoms with Crippen LogP contribution in [0.4, 0.5) is 0 Å². The molecule has 2 rings (SSSR count). The van der Waals surface area contributed by atoms with Gasteiger partial charge in [-0.1, -0.05) is 18.2 Å². The summed E-state index contributed by atoms with van der Waals surface area (Å²) in [5.41, 5.74) is 0.932. The standard InChI is InChI=1S/C12H13NO3/c14-7-8-2-1-3-9(6-8)12(16)11-10(15)4-5-13-11/h1-3,6-7,10-11,13,15H,4-5H2/t10-,11+/m1/s1. The topological polar surface area (TPSA) is 66.4 Å². The van der Waals surface area contributed by atoms with E-state index in [2.05, 4.69) is 5.32 Å². The third-order valence-electron chi connectivity index (χ3n) is 2.78. The average molecular weight is 219 g/mol. The zero-order valence-corrected chi connectivity index (χ0v) is 8.72. The predicted molar refractivity (Wildman–Crippen MR) is 58.6 cm³/mol. The number of ketones is 1. The van der Waals surface area contributed by atoms with E-state index in [1.807, 2.05) is 0 Å². The van der Waals surface area contributed by atoms with E-state index >= 15 is 0 Å². The van der Waals surface area contributed by atoms with E-state index in [0.29, 0.717) is 30.4 Å². The summed E-state index contributed by atoms with van der Waals surface area (Å²) in [5.74, 6) is -0.159. The summed E-state index contributed by atoms with van der Waals surface area (Å²) in [5, 5.41) is 12.5. The van der Waals surface area contributed by atoms with E-state index in [0.717, 1.165) is 0 Å². The molecule has 0 aliphatic carbocycles. The van der Waals surface area contributed by atoms with Crippen LogP contribution in [0.25, 0.3) is 0 Å². The van der Waals surface area contributed by atoms with Crippen molar-refractivity contribution < 1.29 is 14.7 Å². The first-order chi connectivity index (χ1) is 7.72. The van der Waals surface area contributed by atoms with E-state index in [1.165, 1.54) is 0 Å². The highest BCUT2D eigenvalue weighted by Crippen LogP contribution is 2.14. The van der Waals surface area contributed by atoms with E-state index in [1.54, 1.807) is 24.3 Å². The van der Waals surface area contributed by atoms with Crippen molar-refractivity contribution in [1.82, 2.24) is 5.32 Å². The van der Waals surface area contributed by atoms with Crippen molar-refractivity contribution >= 4 is 12.1 Å². The Morgan fingerprint density at radius 2 is 2.31 bits per heavy atom. The summed E-state index contributed by atoms with van der Waals surface area (Å²) in [6.07, 6.45) is 0.659. The zero-order valence-electron chi connectivity index (χ0n) is 8.72. The van der Waals surface area contributed by atoms with Gasteiger partial charge < -0.3 is 10.4 Å². The SMILES string of the molecule is O=Cc1cccc(C(=O)[C@H]2NCC[C@H]2O)c1. The zero-order chi connectivity index (χ0) is 11.5. The van der Waals surface area contributed by atoms with Gasteiger partial charge in [0, 0.05) is 11.1 Å². The lowest BCUT2D eigenvalue weighted by Crippen LogP contribution is -2.38. The summed E-state index contributed by atoms with van der Waals surface area (Å²) in [6, 6.07) is 5.96. The number of hydrogen-bond acceptors (Lipinski definition) is 4. The molecule has 1 aliphatic heterocycles. The van der Waals surface area contributed by atoms with Crippen molar-refractivity contribution in [3.05, 3.63) is 35.4 Å². The molecule has 2 atom stereocenters. The highest BCUT2D eigenvalue weighted by molar-refractivity contribution is 6.01. The molecule has 0 aromatic heterocycles. The Bertz CT molecular complexity index is 416. The highest BCUT2D eigenvalue weighted by Gasteiger charge is 2.31. The van der Waals surface area contributed by atoms with E-state index in [4.69, 9.17) is 0 Å². The molecule has 1 aromatic carbocycles. The number of rotatable bonds is 3. The van der Waals surface area contributed by atoms with Gasteiger partial charge in [0.2, 0.25) is 0 Å². The second-order valence-corrected chi connectivity index (χ2v) is 3.90. The molecule has 84 valence electrons. The highest BCUT2D eigenvalue weighted by atomic mass is 16.3. The van der Waals surface area contributed by atoms with Gasteiger partial charge in [-0.15, -0.1) is 0 Å². The maximum absolute atomic E-state index is 12.0. The van der Waals surface area contributed by atoms with Crippen LogP contribution in [0.1, 0.15) is 27.1 Å². The normalized spacial score (nSPS) is 24.3. The third-order valence-corrected chi connectivity index (χ3v) is 2.78. The van der Waals surface area contributed by atoms with E-state index in [9.17, 15) is 14.7 Å². The first kappa shape index (κ1) is 11.0. The number of hydrogen-bond donors (Lipinski definition) is 2. The number of carbonyl (C=O) groups is 2. The van der Waals surface area contributed by atoms with Crippen LogP contribution in [0.3, 0.4) is 0 Å². The van der Waals surface area contributed by atoms with Gasteiger partial charge in [0.05, 0.1) is 12.1 Å². The molecule has 0 spiro atoms. The van der Waals surface area contributed by atoms with Crippen molar-refractivity contribution in [1.29, 1.82) is 0 Å². The Kier molecular flexibility index (Phi) is 3.12. The Morgan fingerprint density at radius 3 is 2.94 bits per heavy atom. The van der Waals surface area contributed by atoms with Gasteiger partial charge in [0.25, 0.3) is 0 Å². The molecule has 1 aliphatic rings. The smallest absolute Gasteiger partial charge is 0.182 e. The van der Waals surface area contributed by atoms with E-state index in [-0.39, 0.29) is 5.78 Å². The molecule has 0 saturated carbocycles. The van der Waals surface area contributed by atoms with E-state index < -0.39 is 12.1 Å². The minimum Gasteiger partial charge on any atom is -0.391 e. The molecule has 1 aromatic rings. The fourth-order valence-electron chi connectivity index (χ4n) is 1.90. The largest absolute Gasteiger partial charge is 0.391 e. The van der Waals surface area contributed by atoms with Gasteiger partial charge in [0.1, 0.15) is 6.29 Å². The van der Waals surface area contributed by atoms with Crippen LogP contribution in [0.2, 0.25) is 0 Å². The maximum Gasteiger partial charge on any atom is 0.182 e. The van der Waals surface area contributed by atoms with Gasteiger partial charge in [-0.25, -0.2) is 0 Å². The number of aldehydes is 1. The van der Waals surface area contributed by atoms with Crippen LogP contribution >= 0.6 is 0 Å². The number of aliphatic hydroxyl groups excluding tert-OH is 1. The third kappa shape index (κ3) is 2.03. The molecule has 1 fully saturated rings. The van der Waals surface area contributed by atoms with Crippen molar-refractivity contribution in [2.75, 3.05) is 6.54 Å². The van der Waals surface area contributed by atoms with Crippen molar-refractivity contribution in [2.45, 2.75) is 18.6 Å². The van der Waals surface area contributed by atoms with Gasteiger partial charge in [0.15, 0.2) is 5.78 Å². The van der Waals surface area contributed by atoms with Crippen LogP contribution in [-0.4, -0.2) is 35.9 Å². The molecular weight excluding hydrogens is 206 g/mol. The molecule has 4 heteroatoms.